The lowest BCUT2D eigenvalue weighted by Crippen LogP contribution is -2.24. The van der Waals surface area contributed by atoms with Crippen molar-refractivity contribution in [2.45, 2.75) is 13.1 Å². The lowest BCUT2D eigenvalue weighted by atomic mass is 10.1. The normalized spacial score (nSPS) is 10.6. The van der Waals surface area contributed by atoms with E-state index in [-0.39, 0.29) is 17.8 Å². The van der Waals surface area contributed by atoms with Gasteiger partial charge in [-0.05, 0) is 36.0 Å². The van der Waals surface area contributed by atoms with E-state index in [1.165, 1.54) is 18.2 Å². The van der Waals surface area contributed by atoms with Crippen LogP contribution in [0, 0.1) is 14.9 Å². The summed E-state index contributed by atoms with van der Waals surface area (Å²) in [5.41, 5.74) is 1.05. The number of carbonyl (C=O) groups excluding carboxylic acids is 1. The number of nitro benzene ring substituents is 1. The lowest BCUT2D eigenvalue weighted by molar-refractivity contribution is -0.384. The van der Waals surface area contributed by atoms with E-state index in [4.69, 9.17) is 23.8 Å². The third-order valence-electron chi connectivity index (χ3n) is 4.26. The first-order valence-electron chi connectivity index (χ1n) is 8.51. The number of carbonyl (C=O) groups is 1. The van der Waals surface area contributed by atoms with Gasteiger partial charge >= 0.3 is 0 Å². The molecule has 0 unspecified atom stereocenters. The molecule has 3 N–H and O–H groups in total. The molecular weight excluding hydrogens is 416 g/mol. The van der Waals surface area contributed by atoms with Gasteiger partial charge < -0.3 is 15.2 Å². The van der Waals surface area contributed by atoms with Crippen LogP contribution in [-0.2, 0) is 20.1 Å². The second kappa shape index (κ2) is 8.84. The fourth-order valence-electron chi connectivity index (χ4n) is 2.60. The molecule has 0 atom stereocenters. The van der Waals surface area contributed by atoms with Crippen molar-refractivity contribution >= 4 is 41.1 Å². The van der Waals surface area contributed by atoms with Crippen LogP contribution in [0.3, 0.4) is 0 Å². The number of nitrogens with one attached hydrogen (secondary N) is 3. The van der Waals surface area contributed by atoms with Crippen LogP contribution in [0.15, 0.2) is 42.5 Å². The number of nitrogens with zero attached hydrogens (tertiary/aromatic N) is 3. The van der Waals surface area contributed by atoms with Crippen LogP contribution >= 0.6 is 23.8 Å². The van der Waals surface area contributed by atoms with E-state index in [2.05, 4.69) is 20.8 Å². The fraction of sp³-hybridized carbons (Fsp3) is 0.167. The summed E-state index contributed by atoms with van der Waals surface area (Å²) in [6.07, 6.45) is 0. The van der Waals surface area contributed by atoms with Crippen molar-refractivity contribution in [3.05, 3.63) is 79.3 Å². The zero-order valence-corrected chi connectivity index (χ0v) is 16.9. The van der Waals surface area contributed by atoms with Crippen molar-refractivity contribution in [2.24, 2.45) is 7.05 Å². The van der Waals surface area contributed by atoms with Crippen molar-refractivity contribution in [2.75, 3.05) is 5.32 Å². The van der Waals surface area contributed by atoms with Crippen molar-refractivity contribution in [1.82, 2.24) is 20.1 Å². The molecule has 2 aromatic carbocycles. The van der Waals surface area contributed by atoms with Crippen LogP contribution in [0.2, 0.25) is 5.02 Å². The third kappa shape index (κ3) is 4.79. The van der Waals surface area contributed by atoms with Crippen LogP contribution in [0.5, 0.6) is 0 Å². The molecule has 11 heteroatoms. The van der Waals surface area contributed by atoms with Gasteiger partial charge in [-0.15, -0.1) is 0 Å². The number of benzene rings is 2. The fourth-order valence-corrected chi connectivity index (χ4v) is 2.96. The van der Waals surface area contributed by atoms with E-state index in [0.29, 0.717) is 27.9 Å². The summed E-state index contributed by atoms with van der Waals surface area (Å²) < 4.78 is 2.05. The molecule has 0 radical (unpaired) electrons. The van der Waals surface area contributed by atoms with Crippen LogP contribution in [-0.4, -0.2) is 25.6 Å². The van der Waals surface area contributed by atoms with E-state index in [1.807, 2.05) is 12.1 Å². The molecule has 3 aromatic rings. The van der Waals surface area contributed by atoms with Crippen LogP contribution in [0.1, 0.15) is 21.7 Å². The van der Waals surface area contributed by atoms with Gasteiger partial charge in [-0.25, -0.2) is 0 Å². The third-order valence-corrected chi connectivity index (χ3v) is 5.00. The number of H-pyrrole nitrogens is 1. The molecule has 0 aliphatic carbocycles. The summed E-state index contributed by atoms with van der Waals surface area (Å²) >= 11 is 11.1. The van der Waals surface area contributed by atoms with Crippen LogP contribution in [0.4, 0.5) is 11.4 Å². The summed E-state index contributed by atoms with van der Waals surface area (Å²) in [5, 5.41) is 24.3. The number of anilines is 1. The number of halogens is 1. The van der Waals surface area contributed by atoms with Crippen LogP contribution in [0.25, 0.3) is 0 Å². The Morgan fingerprint density at radius 3 is 2.72 bits per heavy atom. The number of nitro groups is 1. The van der Waals surface area contributed by atoms with Gasteiger partial charge in [-0.1, -0.05) is 29.8 Å². The van der Waals surface area contributed by atoms with Gasteiger partial charge in [0.1, 0.15) is 5.69 Å². The predicted octanol–water partition coefficient (Wildman–Crippen LogP) is 3.58. The Morgan fingerprint density at radius 2 is 2.07 bits per heavy atom. The minimum absolute atomic E-state index is 0.128. The highest BCUT2D eigenvalue weighted by molar-refractivity contribution is 7.71. The Hall–Kier alpha value is -3.24. The van der Waals surface area contributed by atoms with E-state index in [9.17, 15) is 14.9 Å². The molecule has 1 amide bonds. The molecule has 0 saturated heterocycles. The predicted molar refractivity (Wildman–Crippen MR) is 111 cm³/mol. The average molecular weight is 433 g/mol. The van der Waals surface area contributed by atoms with Crippen molar-refractivity contribution in [3.63, 3.8) is 0 Å². The SMILES string of the molecule is Cn1c(CNC(=O)c2ccc(NCc3ccccc3Cl)c([N+](=O)[O-])c2)n[nH]c1=S. The zero-order chi connectivity index (χ0) is 21.0. The largest absolute Gasteiger partial charge is 0.375 e. The number of aromatic nitrogens is 3. The highest BCUT2D eigenvalue weighted by Crippen LogP contribution is 2.27. The van der Waals surface area contributed by atoms with Crippen molar-refractivity contribution < 1.29 is 9.72 Å². The maximum Gasteiger partial charge on any atom is 0.293 e. The topological polar surface area (TPSA) is 118 Å². The van der Waals surface area contributed by atoms with Gasteiger partial charge in [0, 0.05) is 30.2 Å². The van der Waals surface area contributed by atoms with E-state index in [0.717, 1.165) is 5.56 Å². The molecule has 29 heavy (non-hydrogen) atoms. The molecule has 0 aliphatic heterocycles. The molecule has 1 aromatic heterocycles. The van der Waals surface area contributed by atoms with E-state index >= 15 is 0 Å². The Balaban J connectivity index is 1.74. The standard InChI is InChI=1S/C18H17ClN6O3S/c1-24-16(22-23-18(24)29)10-21-17(26)11-6-7-14(15(8-11)25(27)28)20-9-12-4-2-3-5-13(12)19/h2-8,20H,9-10H2,1H3,(H,21,26)(H,23,29). The second-order valence-electron chi connectivity index (χ2n) is 6.12. The Labute approximate surface area is 175 Å². The highest BCUT2D eigenvalue weighted by Gasteiger charge is 2.18. The minimum Gasteiger partial charge on any atom is -0.375 e. The number of rotatable bonds is 7. The molecule has 150 valence electrons. The number of amides is 1. The molecule has 0 fully saturated rings. The average Bonchev–Trinajstić information content (AvgIpc) is 3.03. The number of hydrogen-bond acceptors (Lipinski definition) is 6. The molecule has 0 spiro atoms. The Morgan fingerprint density at radius 1 is 1.31 bits per heavy atom. The summed E-state index contributed by atoms with van der Waals surface area (Å²) in [4.78, 5) is 23.3. The van der Waals surface area contributed by atoms with Gasteiger partial charge in [0.05, 0.1) is 11.5 Å². The molecule has 1 heterocycles. The first kappa shape index (κ1) is 20.5. The maximum atomic E-state index is 12.4. The van der Waals surface area contributed by atoms with Gasteiger partial charge in [0.15, 0.2) is 10.6 Å². The second-order valence-corrected chi connectivity index (χ2v) is 6.91. The zero-order valence-electron chi connectivity index (χ0n) is 15.3. The summed E-state index contributed by atoms with van der Waals surface area (Å²) in [6, 6.07) is 11.5. The molecule has 9 nitrogen and oxygen atoms in total. The Kier molecular flexibility index (Phi) is 6.25. The maximum absolute atomic E-state index is 12.4. The smallest absolute Gasteiger partial charge is 0.293 e. The van der Waals surface area contributed by atoms with Gasteiger partial charge in [0.2, 0.25) is 0 Å². The first-order valence-corrected chi connectivity index (χ1v) is 9.29. The highest BCUT2D eigenvalue weighted by atomic mass is 35.5. The number of aromatic amines is 1. The molecule has 3 rings (SSSR count). The van der Waals surface area contributed by atoms with Crippen molar-refractivity contribution in [3.8, 4) is 0 Å². The van der Waals surface area contributed by atoms with Crippen molar-refractivity contribution in [1.29, 1.82) is 0 Å². The van der Waals surface area contributed by atoms with Gasteiger partial charge in [-0.3, -0.25) is 20.0 Å². The molecule has 0 aliphatic rings. The Bertz CT molecular complexity index is 1130. The molecule has 0 saturated carbocycles. The first-order chi connectivity index (χ1) is 13.9. The summed E-state index contributed by atoms with van der Waals surface area (Å²) in [5.74, 6) is 0.0792. The molecule has 0 bridgehead atoms. The van der Waals surface area contributed by atoms with Gasteiger partial charge in [0.25, 0.3) is 11.6 Å². The van der Waals surface area contributed by atoms with E-state index < -0.39 is 10.8 Å². The lowest BCUT2D eigenvalue weighted by Gasteiger charge is -2.10. The van der Waals surface area contributed by atoms with Crippen LogP contribution < -0.4 is 10.6 Å². The van der Waals surface area contributed by atoms with E-state index in [1.54, 1.807) is 23.7 Å². The monoisotopic (exact) mass is 432 g/mol. The van der Waals surface area contributed by atoms with Gasteiger partial charge in [-0.2, -0.15) is 5.10 Å². The minimum atomic E-state index is -0.539. The number of hydrogen-bond donors (Lipinski definition) is 3. The summed E-state index contributed by atoms with van der Waals surface area (Å²) in [7, 11) is 1.72. The summed E-state index contributed by atoms with van der Waals surface area (Å²) in [6.45, 7) is 0.438. The quantitative estimate of drug-likeness (QED) is 0.298. The molecular formula is C18H17ClN6O3S.